The molecule has 4 heteroatoms. The van der Waals surface area contributed by atoms with Crippen molar-refractivity contribution >= 4 is 5.97 Å². The van der Waals surface area contributed by atoms with Gasteiger partial charge in [-0.05, 0) is 59.3 Å². The van der Waals surface area contributed by atoms with E-state index in [4.69, 9.17) is 4.74 Å². The second-order valence-electron chi connectivity index (χ2n) is 4.79. The van der Waals surface area contributed by atoms with E-state index in [0.29, 0.717) is 19.1 Å². The van der Waals surface area contributed by atoms with Gasteiger partial charge in [-0.15, -0.1) is 0 Å². The van der Waals surface area contributed by atoms with Crippen LogP contribution >= 0.6 is 0 Å². The topological polar surface area (TPSA) is 41.6 Å². The minimum Gasteiger partial charge on any atom is -0.466 e. The fraction of sp³-hybridized carbons (Fsp3) is 0.923. The van der Waals surface area contributed by atoms with Gasteiger partial charge in [0, 0.05) is 12.5 Å². The summed E-state index contributed by atoms with van der Waals surface area (Å²) in [7, 11) is 2.18. The fourth-order valence-corrected chi connectivity index (χ4v) is 2.22. The Bertz CT molecular complexity index is 221. The van der Waals surface area contributed by atoms with Crippen LogP contribution in [0, 0.1) is 0 Å². The largest absolute Gasteiger partial charge is 0.466 e. The first kappa shape index (κ1) is 14.5. The van der Waals surface area contributed by atoms with E-state index in [9.17, 15) is 4.79 Å². The van der Waals surface area contributed by atoms with Gasteiger partial charge in [0.25, 0.3) is 0 Å². The summed E-state index contributed by atoms with van der Waals surface area (Å²) in [6.07, 6.45) is 5.16. The van der Waals surface area contributed by atoms with Crippen LogP contribution < -0.4 is 5.32 Å². The van der Waals surface area contributed by atoms with Gasteiger partial charge >= 0.3 is 5.97 Å². The molecule has 0 aliphatic carbocycles. The summed E-state index contributed by atoms with van der Waals surface area (Å²) in [4.78, 5) is 13.5. The molecule has 100 valence electrons. The average molecular weight is 242 g/mol. The van der Waals surface area contributed by atoms with Crippen LogP contribution in [0.5, 0.6) is 0 Å². The molecule has 1 N–H and O–H groups in total. The van der Waals surface area contributed by atoms with Crippen molar-refractivity contribution in [2.45, 2.75) is 45.1 Å². The van der Waals surface area contributed by atoms with Crippen LogP contribution in [0.4, 0.5) is 0 Å². The van der Waals surface area contributed by atoms with Crippen LogP contribution in [0.15, 0.2) is 0 Å². The van der Waals surface area contributed by atoms with Gasteiger partial charge in [0.05, 0.1) is 6.61 Å². The Morgan fingerprint density at radius 2 is 2.24 bits per heavy atom. The summed E-state index contributed by atoms with van der Waals surface area (Å²) in [5.41, 5.74) is 0. The molecular formula is C13H26N2O2. The minimum absolute atomic E-state index is 0.0742. The maximum Gasteiger partial charge on any atom is 0.305 e. The SMILES string of the molecule is CCOC(=O)CCCNC1CCCN(C)CC1. The second kappa shape index (κ2) is 8.48. The van der Waals surface area contributed by atoms with Crippen LogP contribution in [0.25, 0.3) is 0 Å². The molecule has 0 aromatic rings. The zero-order valence-electron chi connectivity index (χ0n) is 11.2. The maximum atomic E-state index is 11.1. The smallest absolute Gasteiger partial charge is 0.305 e. The molecule has 0 aromatic carbocycles. The number of hydrogen-bond donors (Lipinski definition) is 1. The first-order valence-corrected chi connectivity index (χ1v) is 6.80. The fourth-order valence-electron chi connectivity index (χ4n) is 2.22. The Morgan fingerprint density at radius 3 is 3.00 bits per heavy atom. The van der Waals surface area contributed by atoms with Crippen molar-refractivity contribution in [3.8, 4) is 0 Å². The van der Waals surface area contributed by atoms with E-state index >= 15 is 0 Å². The Labute approximate surface area is 105 Å². The number of nitrogens with zero attached hydrogens (tertiary/aromatic N) is 1. The summed E-state index contributed by atoms with van der Waals surface area (Å²) in [6.45, 7) is 5.64. The monoisotopic (exact) mass is 242 g/mol. The number of carbonyl (C=O) groups is 1. The molecule has 1 fully saturated rings. The summed E-state index contributed by atoms with van der Waals surface area (Å²) < 4.78 is 4.89. The van der Waals surface area contributed by atoms with Crippen molar-refractivity contribution in [1.29, 1.82) is 0 Å². The molecule has 4 nitrogen and oxygen atoms in total. The minimum atomic E-state index is -0.0742. The zero-order valence-corrected chi connectivity index (χ0v) is 11.2. The highest BCUT2D eigenvalue weighted by molar-refractivity contribution is 5.69. The van der Waals surface area contributed by atoms with Crippen molar-refractivity contribution in [3.63, 3.8) is 0 Å². The van der Waals surface area contributed by atoms with Crippen molar-refractivity contribution in [2.24, 2.45) is 0 Å². The first-order valence-electron chi connectivity index (χ1n) is 6.80. The zero-order chi connectivity index (χ0) is 12.5. The molecule has 0 amide bonds. The van der Waals surface area contributed by atoms with Crippen LogP contribution in [0.2, 0.25) is 0 Å². The summed E-state index contributed by atoms with van der Waals surface area (Å²) in [6, 6.07) is 0.627. The van der Waals surface area contributed by atoms with E-state index in [1.54, 1.807) is 0 Å². The van der Waals surface area contributed by atoms with E-state index < -0.39 is 0 Å². The van der Waals surface area contributed by atoms with Gasteiger partial charge in [-0.2, -0.15) is 0 Å². The van der Waals surface area contributed by atoms with Gasteiger partial charge in [-0.25, -0.2) is 0 Å². The van der Waals surface area contributed by atoms with Gasteiger partial charge in [-0.3, -0.25) is 4.79 Å². The Hall–Kier alpha value is -0.610. The first-order chi connectivity index (χ1) is 8.22. The Kier molecular flexibility index (Phi) is 7.21. The van der Waals surface area contributed by atoms with Gasteiger partial charge in [-0.1, -0.05) is 0 Å². The van der Waals surface area contributed by atoms with Crippen molar-refractivity contribution < 1.29 is 9.53 Å². The summed E-state index contributed by atoms with van der Waals surface area (Å²) >= 11 is 0. The molecule has 1 atom stereocenters. The lowest BCUT2D eigenvalue weighted by molar-refractivity contribution is -0.143. The predicted octanol–water partition coefficient (Wildman–Crippen LogP) is 1.40. The molecule has 0 radical (unpaired) electrons. The molecule has 1 aliphatic heterocycles. The number of carbonyl (C=O) groups excluding carboxylic acids is 1. The second-order valence-corrected chi connectivity index (χ2v) is 4.79. The van der Waals surface area contributed by atoms with E-state index in [2.05, 4.69) is 17.3 Å². The predicted molar refractivity (Wildman–Crippen MR) is 69.0 cm³/mol. The highest BCUT2D eigenvalue weighted by atomic mass is 16.5. The van der Waals surface area contributed by atoms with Gasteiger partial charge < -0.3 is 15.0 Å². The lowest BCUT2D eigenvalue weighted by Gasteiger charge is -2.16. The molecule has 0 aromatic heterocycles. The molecule has 17 heavy (non-hydrogen) atoms. The molecule has 1 saturated heterocycles. The Morgan fingerprint density at radius 1 is 1.41 bits per heavy atom. The van der Waals surface area contributed by atoms with E-state index in [1.807, 2.05) is 6.92 Å². The lowest BCUT2D eigenvalue weighted by Crippen LogP contribution is -2.31. The van der Waals surface area contributed by atoms with Gasteiger partial charge in [0.15, 0.2) is 0 Å². The average Bonchev–Trinajstić information content (AvgIpc) is 2.50. The number of nitrogens with one attached hydrogen (secondary N) is 1. The van der Waals surface area contributed by atoms with Crippen LogP contribution in [-0.4, -0.2) is 50.2 Å². The molecule has 0 saturated carbocycles. The quantitative estimate of drug-likeness (QED) is 0.565. The maximum absolute atomic E-state index is 11.1. The van der Waals surface area contributed by atoms with Crippen molar-refractivity contribution in [2.75, 3.05) is 33.3 Å². The molecule has 0 spiro atoms. The summed E-state index contributed by atoms with van der Waals surface area (Å²) in [5, 5.41) is 3.55. The molecule has 1 heterocycles. The standard InChI is InChI=1S/C13H26N2O2/c1-3-17-13(16)7-4-9-14-12-6-5-10-15(2)11-8-12/h12,14H,3-11H2,1-2H3. The molecule has 1 aliphatic rings. The third kappa shape index (κ3) is 6.64. The Balaban J connectivity index is 2.04. The van der Waals surface area contributed by atoms with Crippen molar-refractivity contribution in [3.05, 3.63) is 0 Å². The molecule has 1 unspecified atom stereocenters. The van der Waals surface area contributed by atoms with E-state index in [0.717, 1.165) is 13.0 Å². The van der Waals surface area contributed by atoms with E-state index in [-0.39, 0.29) is 5.97 Å². The molecule has 0 bridgehead atoms. The van der Waals surface area contributed by atoms with Crippen LogP contribution in [-0.2, 0) is 9.53 Å². The van der Waals surface area contributed by atoms with Gasteiger partial charge in [0.2, 0.25) is 0 Å². The normalized spacial score (nSPS) is 22.1. The third-order valence-electron chi connectivity index (χ3n) is 3.25. The number of likely N-dealkylation sites (tertiary alicyclic amines) is 1. The van der Waals surface area contributed by atoms with Crippen molar-refractivity contribution in [1.82, 2.24) is 10.2 Å². The van der Waals surface area contributed by atoms with Crippen LogP contribution in [0.1, 0.15) is 39.0 Å². The van der Waals surface area contributed by atoms with Crippen LogP contribution in [0.3, 0.4) is 0 Å². The third-order valence-corrected chi connectivity index (χ3v) is 3.25. The van der Waals surface area contributed by atoms with Gasteiger partial charge in [0.1, 0.15) is 0 Å². The number of rotatable bonds is 6. The number of hydrogen-bond acceptors (Lipinski definition) is 4. The summed E-state index contributed by atoms with van der Waals surface area (Å²) in [5.74, 6) is -0.0742. The number of ether oxygens (including phenoxy) is 1. The highest BCUT2D eigenvalue weighted by Gasteiger charge is 2.13. The lowest BCUT2D eigenvalue weighted by atomic mass is 10.1. The highest BCUT2D eigenvalue weighted by Crippen LogP contribution is 2.09. The van der Waals surface area contributed by atoms with E-state index in [1.165, 1.54) is 32.4 Å². The molecular weight excluding hydrogens is 216 g/mol. The number of esters is 1. The molecule has 1 rings (SSSR count).